The molecule has 19 heavy (non-hydrogen) atoms. The standard InChI is InChI=1S/C15H23NO2S/c1-2-16-15(11-7-4-8-12-15)13-19(17,18)14-9-5-3-6-10-14/h3,5-6,9-10,16H,2,4,7-8,11-13H2,1H3. The third kappa shape index (κ3) is 3.57. The SMILES string of the molecule is CCNC1(CS(=O)(=O)c2ccccc2)CCCCC1. The fraction of sp³-hybridized carbons (Fsp3) is 0.600. The van der Waals surface area contributed by atoms with Crippen LogP contribution in [0.25, 0.3) is 0 Å². The van der Waals surface area contributed by atoms with Crippen LogP contribution in [0, 0.1) is 0 Å². The molecule has 0 aromatic heterocycles. The van der Waals surface area contributed by atoms with Crippen LogP contribution >= 0.6 is 0 Å². The highest BCUT2D eigenvalue weighted by molar-refractivity contribution is 7.91. The van der Waals surface area contributed by atoms with Crippen LogP contribution < -0.4 is 5.32 Å². The van der Waals surface area contributed by atoms with E-state index in [9.17, 15) is 8.42 Å². The normalized spacial score (nSPS) is 19.2. The Bertz CT molecular complexity index is 485. The van der Waals surface area contributed by atoms with E-state index in [4.69, 9.17) is 0 Å². The van der Waals surface area contributed by atoms with Gasteiger partial charge in [-0.2, -0.15) is 0 Å². The van der Waals surface area contributed by atoms with Gasteiger partial charge in [-0.05, 0) is 31.5 Å². The quantitative estimate of drug-likeness (QED) is 0.902. The van der Waals surface area contributed by atoms with Crippen molar-refractivity contribution in [2.45, 2.75) is 49.5 Å². The fourth-order valence-corrected chi connectivity index (χ4v) is 4.91. The first-order valence-electron chi connectivity index (χ1n) is 7.11. The van der Waals surface area contributed by atoms with Crippen molar-refractivity contribution in [3.8, 4) is 0 Å². The molecule has 4 heteroatoms. The lowest BCUT2D eigenvalue weighted by Gasteiger charge is -2.37. The molecule has 1 saturated carbocycles. The minimum atomic E-state index is -3.20. The van der Waals surface area contributed by atoms with Gasteiger partial charge in [0.25, 0.3) is 0 Å². The summed E-state index contributed by atoms with van der Waals surface area (Å²) in [5.74, 6) is 0.220. The molecule has 0 bridgehead atoms. The lowest BCUT2D eigenvalue weighted by atomic mass is 9.83. The molecule has 0 atom stereocenters. The highest BCUT2D eigenvalue weighted by atomic mass is 32.2. The molecule has 1 aromatic carbocycles. The second-order valence-corrected chi connectivity index (χ2v) is 7.43. The van der Waals surface area contributed by atoms with Crippen LogP contribution in [0.15, 0.2) is 35.2 Å². The van der Waals surface area contributed by atoms with Crippen LogP contribution in [0.1, 0.15) is 39.0 Å². The lowest BCUT2D eigenvalue weighted by molar-refractivity contribution is 0.261. The summed E-state index contributed by atoms with van der Waals surface area (Å²) in [5, 5.41) is 3.44. The highest BCUT2D eigenvalue weighted by Crippen LogP contribution is 2.31. The number of nitrogens with one attached hydrogen (secondary N) is 1. The Morgan fingerprint density at radius 2 is 1.74 bits per heavy atom. The van der Waals surface area contributed by atoms with Gasteiger partial charge >= 0.3 is 0 Å². The maximum atomic E-state index is 12.5. The molecule has 1 aliphatic carbocycles. The van der Waals surface area contributed by atoms with Gasteiger partial charge in [0, 0.05) is 5.54 Å². The molecule has 1 aromatic rings. The molecule has 0 heterocycles. The first kappa shape index (κ1) is 14.5. The summed E-state index contributed by atoms with van der Waals surface area (Å²) in [6.45, 7) is 2.87. The van der Waals surface area contributed by atoms with E-state index in [-0.39, 0.29) is 11.3 Å². The largest absolute Gasteiger partial charge is 0.310 e. The summed E-state index contributed by atoms with van der Waals surface area (Å²) in [6.07, 6.45) is 5.40. The highest BCUT2D eigenvalue weighted by Gasteiger charge is 2.36. The number of rotatable bonds is 5. The van der Waals surface area contributed by atoms with Gasteiger partial charge in [-0.1, -0.05) is 44.4 Å². The first-order chi connectivity index (χ1) is 9.08. The van der Waals surface area contributed by atoms with Crippen LogP contribution in [0.2, 0.25) is 0 Å². The summed E-state index contributed by atoms with van der Waals surface area (Å²) < 4.78 is 25.1. The fourth-order valence-electron chi connectivity index (χ4n) is 3.05. The monoisotopic (exact) mass is 281 g/mol. The molecule has 0 unspecified atom stereocenters. The maximum absolute atomic E-state index is 12.5. The summed E-state index contributed by atoms with van der Waals surface area (Å²) >= 11 is 0. The van der Waals surface area contributed by atoms with Gasteiger partial charge in [-0.15, -0.1) is 0 Å². The van der Waals surface area contributed by atoms with Crippen LogP contribution in [-0.2, 0) is 9.84 Å². The van der Waals surface area contributed by atoms with E-state index in [1.165, 1.54) is 6.42 Å². The van der Waals surface area contributed by atoms with Crippen molar-refractivity contribution in [1.29, 1.82) is 0 Å². The molecule has 1 fully saturated rings. The van der Waals surface area contributed by atoms with Crippen LogP contribution in [0.3, 0.4) is 0 Å². The molecule has 3 nitrogen and oxygen atoms in total. The summed E-state index contributed by atoms with van der Waals surface area (Å²) in [4.78, 5) is 0.442. The molecule has 0 aliphatic heterocycles. The maximum Gasteiger partial charge on any atom is 0.180 e. The van der Waals surface area contributed by atoms with Crippen molar-refractivity contribution in [2.24, 2.45) is 0 Å². The average molecular weight is 281 g/mol. The molecule has 0 radical (unpaired) electrons. The third-order valence-corrected chi connectivity index (χ3v) is 5.85. The van der Waals surface area contributed by atoms with E-state index in [0.29, 0.717) is 4.90 Å². The molecule has 1 aliphatic rings. The zero-order valence-corrected chi connectivity index (χ0v) is 12.4. The molecule has 0 saturated heterocycles. The Morgan fingerprint density at radius 1 is 1.11 bits per heavy atom. The molecular weight excluding hydrogens is 258 g/mol. The Balaban J connectivity index is 2.21. The van der Waals surface area contributed by atoms with Crippen LogP contribution in [0.5, 0.6) is 0 Å². The molecule has 106 valence electrons. The number of sulfone groups is 1. The van der Waals surface area contributed by atoms with Crippen molar-refractivity contribution >= 4 is 9.84 Å². The molecule has 0 amide bonds. The van der Waals surface area contributed by atoms with Crippen LogP contribution in [-0.4, -0.2) is 26.3 Å². The summed E-state index contributed by atoms with van der Waals surface area (Å²) in [7, 11) is -3.20. The summed E-state index contributed by atoms with van der Waals surface area (Å²) in [6, 6.07) is 8.80. The Labute approximate surface area is 116 Å². The topological polar surface area (TPSA) is 46.2 Å². The van der Waals surface area contributed by atoms with Gasteiger partial charge in [0.15, 0.2) is 9.84 Å². The van der Waals surface area contributed by atoms with Crippen molar-refractivity contribution in [3.63, 3.8) is 0 Å². The minimum absolute atomic E-state index is 0.220. The van der Waals surface area contributed by atoms with Gasteiger partial charge in [0.2, 0.25) is 0 Å². The second-order valence-electron chi connectivity index (χ2n) is 5.44. The number of hydrogen-bond donors (Lipinski definition) is 1. The molecular formula is C15H23NO2S. The van der Waals surface area contributed by atoms with E-state index in [0.717, 1.165) is 32.2 Å². The van der Waals surface area contributed by atoms with E-state index in [1.807, 2.05) is 13.0 Å². The molecule has 1 N–H and O–H groups in total. The Morgan fingerprint density at radius 3 is 2.32 bits per heavy atom. The van der Waals surface area contributed by atoms with Crippen LogP contribution in [0.4, 0.5) is 0 Å². The molecule has 0 spiro atoms. The predicted octanol–water partition coefficient (Wildman–Crippen LogP) is 2.77. The zero-order chi connectivity index (χ0) is 13.8. The number of hydrogen-bond acceptors (Lipinski definition) is 3. The van der Waals surface area contributed by atoms with Crippen molar-refractivity contribution in [2.75, 3.05) is 12.3 Å². The van der Waals surface area contributed by atoms with E-state index >= 15 is 0 Å². The third-order valence-electron chi connectivity index (χ3n) is 3.93. The Kier molecular flexibility index (Phi) is 4.63. The predicted molar refractivity (Wildman–Crippen MR) is 78.0 cm³/mol. The average Bonchev–Trinajstić information content (AvgIpc) is 2.40. The lowest BCUT2D eigenvalue weighted by Crippen LogP contribution is -2.51. The summed E-state index contributed by atoms with van der Waals surface area (Å²) in [5.41, 5.74) is -0.221. The van der Waals surface area contributed by atoms with Gasteiger partial charge in [-0.3, -0.25) is 0 Å². The van der Waals surface area contributed by atoms with E-state index in [2.05, 4.69) is 5.32 Å². The van der Waals surface area contributed by atoms with Gasteiger partial charge < -0.3 is 5.32 Å². The van der Waals surface area contributed by atoms with Gasteiger partial charge in [-0.25, -0.2) is 8.42 Å². The minimum Gasteiger partial charge on any atom is -0.310 e. The van der Waals surface area contributed by atoms with Crippen molar-refractivity contribution in [3.05, 3.63) is 30.3 Å². The van der Waals surface area contributed by atoms with Gasteiger partial charge in [0.1, 0.15) is 0 Å². The molecule has 2 rings (SSSR count). The number of benzene rings is 1. The first-order valence-corrected chi connectivity index (χ1v) is 8.76. The Hall–Kier alpha value is -0.870. The zero-order valence-electron chi connectivity index (χ0n) is 11.6. The van der Waals surface area contributed by atoms with Crippen molar-refractivity contribution in [1.82, 2.24) is 5.32 Å². The second kappa shape index (κ2) is 6.06. The smallest absolute Gasteiger partial charge is 0.180 e. The van der Waals surface area contributed by atoms with E-state index in [1.54, 1.807) is 24.3 Å². The van der Waals surface area contributed by atoms with E-state index < -0.39 is 9.84 Å². The van der Waals surface area contributed by atoms with Crippen molar-refractivity contribution < 1.29 is 8.42 Å². The van der Waals surface area contributed by atoms with Gasteiger partial charge in [0.05, 0.1) is 10.6 Å².